The predicted octanol–water partition coefficient (Wildman–Crippen LogP) is 4.75. The molecule has 0 bridgehead atoms. The summed E-state index contributed by atoms with van der Waals surface area (Å²) in [6, 6.07) is 20.5. The molecule has 0 N–H and O–H groups in total. The molecule has 0 spiro atoms. The molecule has 0 unspecified atom stereocenters. The standard InChI is InChI=1S/C22H19NO4.CH4/c1-15(24)26-19-10-6-17(7-11-19)22(21-5-3-4-14-23-21)18-8-12-20(13-9-18)27-16(2)25;/h3-14,22H,1-2H3;1H4. The normalized spacial score (nSPS) is 10.1. The van der Waals surface area contributed by atoms with Crippen molar-refractivity contribution in [3.8, 4) is 11.5 Å². The summed E-state index contributed by atoms with van der Waals surface area (Å²) in [7, 11) is 0. The molecule has 0 aliphatic heterocycles. The van der Waals surface area contributed by atoms with Crippen LogP contribution in [-0.2, 0) is 9.59 Å². The van der Waals surface area contributed by atoms with Crippen molar-refractivity contribution in [2.24, 2.45) is 0 Å². The number of carbonyl (C=O) groups excluding carboxylic acids is 2. The molecule has 5 nitrogen and oxygen atoms in total. The molecule has 0 fully saturated rings. The number of hydrogen-bond acceptors (Lipinski definition) is 5. The van der Waals surface area contributed by atoms with Crippen molar-refractivity contribution in [2.75, 3.05) is 0 Å². The van der Waals surface area contributed by atoms with Gasteiger partial charge in [-0.25, -0.2) is 0 Å². The second-order valence-electron chi connectivity index (χ2n) is 6.01. The number of benzene rings is 2. The molecule has 0 aliphatic carbocycles. The lowest BCUT2D eigenvalue weighted by atomic mass is 9.88. The van der Waals surface area contributed by atoms with E-state index in [2.05, 4.69) is 4.98 Å². The predicted molar refractivity (Wildman–Crippen MR) is 107 cm³/mol. The van der Waals surface area contributed by atoms with Crippen LogP contribution in [0.1, 0.15) is 44.0 Å². The molecule has 144 valence electrons. The van der Waals surface area contributed by atoms with Crippen molar-refractivity contribution in [1.82, 2.24) is 4.98 Å². The average molecular weight is 377 g/mol. The van der Waals surface area contributed by atoms with E-state index in [1.54, 1.807) is 30.5 Å². The SMILES string of the molecule is C.CC(=O)Oc1ccc(C(c2ccc(OC(C)=O)cc2)c2ccccn2)cc1. The third kappa shape index (κ3) is 5.27. The van der Waals surface area contributed by atoms with Gasteiger partial charge in [0.15, 0.2) is 0 Å². The number of rotatable bonds is 5. The van der Waals surface area contributed by atoms with E-state index in [1.807, 2.05) is 42.5 Å². The fourth-order valence-corrected chi connectivity index (χ4v) is 2.87. The Balaban J connectivity index is 0.00000280. The first-order chi connectivity index (χ1) is 13.0. The van der Waals surface area contributed by atoms with Gasteiger partial charge in [0.25, 0.3) is 0 Å². The molecule has 5 heteroatoms. The first-order valence-corrected chi connectivity index (χ1v) is 8.50. The van der Waals surface area contributed by atoms with Gasteiger partial charge in [-0.3, -0.25) is 14.6 Å². The maximum Gasteiger partial charge on any atom is 0.308 e. The molecule has 28 heavy (non-hydrogen) atoms. The van der Waals surface area contributed by atoms with E-state index in [1.165, 1.54) is 13.8 Å². The minimum atomic E-state index is -0.356. The number of ether oxygens (including phenoxy) is 2. The lowest BCUT2D eigenvalue weighted by molar-refractivity contribution is -0.132. The highest BCUT2D eigenvalue weighted by atomic mass is 16.5. The van der Waals surface area contributed by atoms with E-state index in [-0.39, 0.29) is 25.3 Å². The van der Waals surface area contributed by atoms with Gasteiger partial charge >= 0.3 is 11.9 Å². The lowest BCUT2D eigenvalue weighted by Crippen LogP contribution is -2.07. The largest absolute Gasteiger partial charge is 0.427 e. The van der Waals surface area contributed by atoms with Gasteiger partial charge in [-0.05, 0) is 47.5 Å². The lowest BCUT2D eigenvalue weighted by Gasteiger charge is -2.18. The van der Waals surface area contributed by atoms with Crippen LogP contribution in [0.2, 0.25) is 0 Å². The Kier molecular flexibility index (Phi) is 7.04. The Morgan fingerprint density at radius 3 is 1.57 bits per heavy atom. The van der Waals surface area contributed by atoms with Crippen molar-refractivity contribution in [1.29, 1.82) is 0 Å². The van der Waals surface area contributed by atoms with Crippen molar-refractivity contribution in [2.45, 2.75) is 27.2 Å². The molecule has 2 aromatic carbocycles. The molecular formula is C23H23NO4. The maximum absolute atomic E-state index is 11.1. The number of hydrogen-bond donors (Lipinski definition) is 0. The van der Waals surface area contributed by atoms with Crippen molar-refractivity contribution in [3.63, 3.8) is 0 Å². The van der Waals surface area contributed by atoms with E-state index >= 15 is 0 Å². The summed E-state index contributed by atoms with van der Waals surface area (Å²) in [4.78, 5) is 26.7. The van der Waals surface area contributed by atoms with Crippen molar-refractivity contribution < 1.29 is 19.1 Å². The van der Waals surface area contributed by atoms with E-state index in [4.69, 9.17) is 9.47 Å². The number of carbonyl (C=O) groups is 2. The highest BCUT2D eigenvalue weighted by Gasteiger charge is 2.18. The Bertz CT molecular complexity index is 860. The molecule has 0 radical (unpaired) electrons. The fourth-order valence-electron chi connectivity index (χ4n) is 2.87. The molecule has 0 atom stereocenters. The highest BCUT2D eigenvalue weighted by molar-refractivity contribution is 5.69. The minimum Gasteiger partial charge on any atom is -0.427 e. The third-order valence-electron chi connectivity index (χ3n) is 3.93. The molecule has 3 aromatic rings. The van der Waals surface area contributed by atoms with Gasteiger partial charge in [0, 0.05) is 20.0 Å². The van der Waals surface area contributed by atoms with E-state index in [0.29, 0.717) is 11.5 Å². The Morgan fingerprint density at radius 1 is 0.750 bits per heavy atom. The Hall–Kier alpha value is -3.47. The highest BCUT2D eigenvalue weighted by Crippen LogP contribution is 2.32. The first-order valence-electron chi connectivity index (χ1n) is 8.50. The van der Waals surface area contributed by atoms with Crippen LogP contribution < -0.4 is 9.47 Å². The van der Waals surface area contributed by atoms with Crippen LogP contribution >= 0.6 is 0 Å². The fraction of sp³-hybridized carbons (Fsp3) is 0.174. The molecular weight excluding hydrogens is 354 g/mol. The third-order valence-corrected chi connectivity index (χ3v) is 3.93. The van der Waals surface area contributed by atoms with E-state index in [0.717, 1.165) is 16.8 Å². The van der Waals surface area contributed by atoms with Gasteiger partial charge in [-0.1, -0.05) is 37.8 Å². The van der Waals surface area contributed by atoms with Crippen molar-refractivity contribution in [3.05, 3.63) is 89.7 Å². The summed E-state index contributed by atoms with van der Waals surface area (Å²) in [5, 5.41) is 0. The summed E-state index contributed by atoms with van der Waals surface area (Å²) in [5.41, 5.74) is 2.90. The summed E-state index contributed by atoms with van der Waals surface area (Å²) in [6.07, 6.45) is 1.75. The quantitative estimate of drug-likeness (QED) is 0.474. The maximum atomic E-state index is 11.1. The van der Waals surface area contributed by atoms with Crippen LogP contribution in [0.25, 0.3) is 0 Å². The monoisotopic (exact) mass is 377 g/mol. The van der Waals surface area contributed by atoms with Gasteiger partial charge in [0.2, 0.25) is 0 Å². The van der Waals surface area contributed by atoms with Gasteiger partial charge in [-0.15, -0.1) is 0 Å². The van der Waals surface area contributed by atoms with Crippen LogP contribution in [0.5, 0.6) is 11.5 Å². The molecule has 0 aliphatic rings. The second kappa shape index (κ2) is 9.46. The van der Waals surface area contributed by atoms with E-state index in [9.17, 15) is 9.59 Å². The molecule has 0 saturated heterocycles. The summed E-state index contributed by atoms with van der Waals surface area (Å²) >= 11 is 0. The zero-order valence-corrected chi connectivity index (χ0v) is 15.1. The first kappa shape index (κ1) is 20.8. The summed E-state index contributed by atoms with van der Waals surface area (Å²) in [5.74, 6) is 0.173. The Labute approximate surface area is 165 Å². The molecule has 1 aromatic heterocycles. The molecule has 0 saturated carbocycles. The van der Waals surface area contributed by atoms with Gasteiger partial charge in [0.1, 0.15) is 11.5 Å². The molecule has 3 rings (SSSR count). The topological polar surface area (TPSA) is 65.5 Å². The zero-order chi connectivity index (χ0) is 19.2. The Morgan fingerprint density at radius 2 is 1.21 bits per heavy atom. The van der Waals surface area contributed by atoms with E-state index < -0.39 is 0 Å². The van der Waals surface area contributed by atoms with Crippen molar-refractivity contribution >= 4 is 11.9 Å². The molecule has 0 amide bonds. The van der Waals surface area contributed by atoms with Gasteiger partial charge in [-0.2, -0.15) is 0 Å². The smallest absolute Gasteiger partial charge is 0.308 e. The van der Waals surface area contributed by atoms with Gasteiger partial charge in [0.05, 0.1) is 11.6 Å². The number of aromatic nitrogens is 1. The molecule has 1 heterocycles. The number of pyridine rings is 1. The van der Waals surface area contributed by atoms with Crippen LogP contribution in [0.3, 0.4) is 0 Å². The van der Waals surface area contributed by atoms with Crippen LogP contribution in [0.4, 0.5) is 0 Å². The minimum absolute atomic E-state index is 0. The van der Waals surface area contributed by atoms with Crippen LogP contribution in [0, 0.1) is 0 Å². The van der Waals surface area contributed by atoms with Gasteiger partial charge < -0.3 is 9.47 Å². The number of nitrogens with zero attached hydrogens (tertiary/aromatic N) is 1. The average Bonchev–Trinajstić information content (AvgIpc) is 2.65. The summed E-state index contributed by atoms with van der Waals surface area (Å²) in [6.45, 7) is 2.74. The second-order valence-corrected chi connectivity index (χ2v) is 6.01. The number of esters is 2. The summed E-state index contributed by atoms with van der Waals surface area (Å²) < 4.78 is 10.2. The van der Waals surface area contributed by atoms with Crippen LogP contribution in [0.15, 0.2) is 72.9 Å². The van der Waals surface area contributed by atoms with Crippen LogP contribution in [-0.4, -0.2) is 16.9 Å². The zero-order valence-electron chi connectivity index (χ0n) is 15.1.